The summed E-state index contributed by atoms with van der Waals surface area (Å²) in [5.41, 5.74) is 0. The Hall–Kier alpha value is -1.78. The van der Waals surface area contributed by atoms with Gasteiger partial charge in [-0.25, -0.2) is 9.59 Å². The van der Waals surface area contributed by atoms with E-state index in [0.29, 0.717) is 0 Å². The van der Waals surface area contributed by atoms with E-state index in [1.54, 1.807) is 0 Å². The van der Waals surface area contributed by atoms with Gasteiger partial charge in [-0.15, -0.1) is 4.91 Å². The monoisotopic (exact) mass is 273 g/mol. The van der Waals surface area contributed by atoms with Gasteiger partial charge in [-0.3, -0.25) is 0 Å². The van der Waals surface area contributed by atoms with Crippen LogP contribution in [0.25, 0.3) is 0 Å². The quantitative estimate of drug-likeness (QED) is 0.229. The summed E-state index contributed by atoms with van der Waals surface area (Å²) in [6.45, 7) is -0.250. The van der Waals surface area contributed by atoms with Crippen LogP contribution in [-0.2, 0) is 23.9 Å². The van der Waals surface area contributed by atoms with Crippen LogP contribution in [0.2, 0.25) is 0 Å². The summed E-state index contributed by atoms with van der Waals surface area (Å²) in [6, 6.07) is 0. The molecule has 0 spiro atoms. The second-order valence-electron chi connectivity index (χ2n) is 1.69. The minimum absolute atomic E-state index is 0.125. The van der Waals surface area contributed by atoms with Gasteiger partial charge in [-0.05, 0) is 0 Å². The number of aliphatic hydroxyl groups excluding tert-OH is 3. The molecular formula is C8H19NO9. The van der Waals surface area contributed by atoms with Crippen LogP contribution in [0.5, 0.6) is 0 Å². The van der Waals surface area contributed by atoms with Crippen LogP contribution in [0.15, 0.2) is 5.34 Å². The van der Waals surface area contributed by atoms with Crippen molar-refractivity contribution in [3.8, 4) is 0 Å². The molecule has 0 aromatic heterocycles. The van der Waals surface area contributed by atoms with E-state index >= 15 is 0 Å². The van der Waals surface area contributed by atoms with Gasteiger partial charge in [-0.2, -0.15) is 0 Å². The summed E-state index contributed by atoms with van der Waals surface area (Å²) in [5, 5.41) is 24.2. The van der Waals surface area contributed by atoms with E-state index in [1.165, 1.54) is 7.11 Å². The van der Waals surface area contributed by atoms with Crippen molar-refractivity contribution in [2.45, 2.75) is 0 Å². The van der Waals surface area contributed by atoms with E-state index in [1.807, 2.05) is 5.34 Å². The maximum absolute atomic E-state index is 10.0. The van der Waals surface area contributed by atoms with E-state index in [-0.39, 0.29) is 13.2 Å². The fraction of sp³-hybridized carbons (Fsp3) is 0.750. The average Bonchev–Trinajstić information content (AvgIpc) is 2.47. The predicted octanol–water partition coefficient (Wildman–Crippen LogP) is -1.77. The molecule has 10 nitrogen and oxygen atoms in total. The summed E-state index contributed by atoms with van der Waals surface area (Å²) in [7, 11) is 4.42. The minimum Gasteiger partial charge on any atom is -0.461 e. The number of carbonyl (C=O) groups excluding carboxylic acids is 2. The highest BCUT2D eigenvalue weighted by molar-refractivity contribution is 6.29. The Morgan fingerprint density at radius 2 is 1.17 bits per heavy atom. The molecule has 0 saturated heterocycles. The van der Waals surface area contributed by atoms with Crippen molar-refractivity contribution in [2.75, 3.05) is 41.7 Å². The number of rotatable bonds is 2. The highest BCUT2D eigenvalue weighted by atomic mass is 16.7. The molecule has 0 aliphatic carbocycles. The van der Waals surface area contributed by atoms with Crippen LogP contribution in [0.1, 0.15) is 0 Å². The molecule has 18 heavy (non-hydrogen) atoms. The van der Waals surface area contributed by atoms with Gasteiger partial charge in [0.1, 0.15) is 7.11 Å². The van der Waals surface area contributed by atoms with Crippen LogP contribution in [0, 0.1) is 4.91 Å². The lowest BCUT2D eigenvalue weighted by Gasteiger charge is -1.92. The molecule has 0 atom stereocenters. The Labute approximate surface area is 104 Å². The second kappa shape index (κ2) is 29.5. The Morgan fingerprint density at radius 3 is 1.22 bits per heavy atom. The van der Waals surface area contributed by atoms with Crippen molar-refractivity contribution < 1.29 is 39.2 Å². The molecule has 0 aromatic carbocycles. The van der Waals surface area contributed by atoms with Crippen LogP contribution >= 0.6 is 0 Å². The lowest BCUT2D eigenvalue weighted by Crippen LogP contribution is -2.16. The van der Waals surface area contributed by atoms with Gasteiger partial charge in [0, 0.05) is 7.11 Å². The lowest BCUT2D eigenvalue weighted by molar-refractivity contribution is -0.164. The molecule has 0 aliphatic rings. The van der Waals surface area contributed by atoms with Crippen LogP contribution in [0.3, 0.4) is 0 Å². The zero-order valence-electron chi connectivity index (χ0n) is 10.7. The van der Waals surface area contributed by atoms with Gasteiger partial charge >= 0.3 is 11.9 Å². The standard InChI is InChI=1S/C4H6O4.C2H6O2.CH3NO2.CH4O/c1-7-3(5)4(6)8-2;3-1-2-4;1-4-2-3;1-2/h1-2H3;3-4H,1-2H2;1H3;2H,1H3. The molecule has 0 saturated carbocycles. The molecule has 0 unspecified atom stereocenters. The third-order valence-corrected chi connectivity index (χ3v) is 0.712. The molecule has 10 heteroatoms. The molecule has 0 aliphatic heterocycles. The zero-order chi connectivity index (χ0) is 15.4. The first-order chi connectivity index (χ1) is 8.55. The summed E-state index contributed by atoms with van der Waals surface area (Å²) in [5.74, 6) is -1.96. The van der Waals surface area contributed by atoms with E-state index in [9.17, 15) is 9.59 Å². The normalized spacial score (nSPS) is 6.61. The third-order valence-electron chi connectivity index (χ3n) is 0.712. The third kappa shape index (κ3) is 36.8. The maximum atomic E-state index is 10.0. The zero-order valence-corrected chi connectivity index (χ0v) is 10.7. The molecule has 0 rings (SSSR count). The topological polar surface area (TPSA) is 152 Å². The SMILES string of the molecule is CO.COC(=O)C(=O)OC.CON=O.OCCO. The van der Waals surface area contributed by atoms with E-state index in [4.69, 9.17) is 20.2 Å². The number of aliphatic hydroxyl groups is 3. The number of hydrogen-bond acceptors (Lipinski definition) is 10. The smallest absolute Gasteiger partial charge is 0.417 e. The van der Waals surface area contributed by atoms with Crippen molar-refractivity contribution in [2.24, 2.45) is 5.34 Å². The minimum atomic E-state index is -0.979. The second-order valence-corrected chi connectivity index (χ2v) is 1.69. The Kier molecular flexibility index (Phi) is 41.2. The molecular weight excluding hydrogens is 254 g/mol. The molecule has 0 aromatic rings. The van der Waals surface area contributed by atoms with Crippen molar-refractivity contribution in [1.82, 2.24) is 0 Å². The van der Waals surface area contributed by atoms with Crippen molar-refractivity contribution in [3.05, 3.63) is 4.91 Å². The number of ether oxygens (including phenoxy) is 2. The van der Waals surface area contributed by atoms with E-state index < -0.39 is 11.9 Å². The number of esters is 2. The Balaban J connectivity index is -0.0000000834. The van der Waals surface area contributed by atoms with Crippen LogP contribution in [0.4, 0.5) is 0 Å². The van der Waals surface area contributed by atoms with Gasteiger partial charge < -0.3 is 29.6 Å². The largest absolute Gasteiger partial charge is 0.461 e. The highest BCUT2D eigenvalue weighted by Crippen LogP contribution is 1.75. The van der Waals surface area contributed by atoms with Crippen LogP contribution < -0.4 is 0 Å². The maximum Gasteiger partial charge on any atom is 0.417 e. The molecule has 110 valence electrons. The molecule has 0 fully saturated rings. The van der Waals surface area contributed by atoms with Crippen molar-refractivity contribution in [1.29, 1.82) is 0 Å². The summed E-state index contributed by atoms with van der Waals surface area (Å²) in [6.07, 6.45) is 0. The van der Waals surface area contributed by atoms with Gasteiger partial charge in [0.05, 0.1) is 27.4 Å². The number of methoxy groups -OCH3 is 2. The van der Waals surface area contributed by atoms with E-state index in [0.717, 1.165) is 21.3 Å². The van der Waals surface area contributed by atoms with Gasteiger partial charge in [0.2, 0.25) is 0 Å². The van der Waals surface area contributed by atoms with Gasteiger partial charge in [0.25, 0.3) is 0 Å². The lowest BCUT2D eigenvalue weighted by atomic mass is 10.7. The first-order valence-electron chi connectivity index (χ1n) is 4.24. The van der Waals surface area contributed by atoms with Crippen molar-refractivity contribution >= 4 is 11.9 Å². The Morgan fingerprint density at radius 1 is 0.944 bits per heavy atom. The molecule has 0 heterocycles. The fourth-order valence-corrected chi connectivity index (χ4v) is 0.167. The van der Waals surface area contributed by atoms with Gasteiger partial charge in [0.15, 0.2) is 5.34 Å². The summed E-state index contributed by atoms with van der Waals surface area (Å²) >= 11 is 0. The first kappa shape index (κ1) is 25.2. The highest BCUT2D eigenvalue weighted by Gasteiger charge is 2.11. The van der Waals surface area contributed by atoms with Crippen LogP contribution in [-0.4, -0.2) is 68.9 Å². The number of carbonyl (C=O) groups is 2. The number of hydrogen-bond donors (Lipinski definition) is 3. The Bertz CT molecular complexity index is 169. The fourth-order valence-electron chi connectivity index (χ4n) is 0.167. The van der Waals surface area contributed by atoms with E-state index in [2.05, 4.69) is 14.3 Å². The molecule has 0 amide bonds. The summed E-state index contributed by atoms with van der Waals surface area (Å²) < 4.78 is 7.98. The first-order valence-corrected chi connectivity index (χ1v) is 4.24. The number of nitrogens with zero attached hydrogens (tertiary/aromatic N) is 1. The summed E-state index contributed by atoms with van der Waals surface area (Å²) in [4.78, 5) is 32.4. The average molecular weight is 273 g/mol. The molecule has 0 radical (unpaired) electrons. The van der Waals surface area contributed by atoms with Gasteiger partial charge in [-0.1, -0.05) is 0 Å². The van der Waals surface area contributed by atoms with Crippen molar-refractivity contribution in [3.63, 3.8) is 0 Å². The predicted molar refractivity (Wildman–Crippen MR) is 59.2 cm³/mol. The molecule has 3 N–H and O–H groups in total. The molecule has 0 bridgehead atoms.